The largest absolute Gasteiger partial charge is 0.496 e. The molecule has 1 N–H and O–H groups in total. The molecule has 2 fully saturated rings. The van der Waals surface area contributed by atoms with Crippen molar-refractivity contribution in [3.05, 3.63) is 51.7 Å². The van der Waals surface area contributed by atoms with Crippen LogP contribution in [0.5, 0.6) is 5.75 Å². The summed E-state index contributed by atoms with van der Waals surface area (Å²) in [6.45, 7) is 3.00. The maximum Gasteiger partial charge on any atom is 0.331 e. The van der Waals surface area contributed by atoms with Gasteiger partial charge in [-0.2, -0.15) is 0 Å². The van der Waals surface area contributed by atoms with Crippen LogP contribution in [-0.4, -0.2) is 56.2 Å². The number of thiophene rings is 1. The molecular weight excluding hydrogens is 406 g/mol. The standard InChI is InChI=1S/C21H21N3O5S/c1-28-18-12-15(23-6-8-29-9-7-23)5-4-14(18)11-17-19(25)22-21(27)24(20(17)26)13-16-3-2-10-30-16/h2-5,10-12H,6-9,13H2,1H3,(H,22,25,27)/b17-11+. The number of barbiturate groups is 1. The minimum absolute atomic E-state index is 0.108. The second-order valence-electron chi connectivity index (χ2n) is 6.81. The van der Waals surface area contributed by atoms with Gasteiger partial charge in [0, 0.05) is 35.3 Å². The zero-order chi connectivity index (χ0) is 21.1. The highest BCUT2D eigenvalue weighted by atomic mass is 32.1. The van der Waals surface area contributed by atoms with Crippen LogP contribution in [-0.2, 0) is 20.9 Å². The number of hydrogen-bond donors (Lipinski definition) is 1. The Morgan fingerprint density at radius 1 is 1.20 bits per heavy atom. The average Bonchev–Trinajstić information content (AvgIpc) is 3.28. The Kier molecular flexibility index (Phi) is 5.82. The van der Waals surface area contributed by atoms with Crippen molar-refractivity contribution in [1.82, 2.24) is 10.2 Å². The minimum Gasteiger partial charge on any atom is -0.496 e. The number of urea groups is 1. The maximum absolute atomic E-state index is 12.9. The van der Waals surface area contributed by atoms with E-state index in [1.54, 1.807) is 6.07 Å². The third-order valence-electron chi connectivity index (χ3n) is 4.97. The third-order valence-corrected chi connectivity index (χ3v) is 5.83. The maximum atomic E-state index is 12.9. The predicted octanol–water partition coefficient (Wildman–Crippen LogP) is 2.26. The Bertz CT molecular complexity index is 996. The Morgan fingerprint density at radius 3 is 2.70 bits per heavy atom. The number of benzene rings is 1. The SMILES string of the molecule is COc1cc(N2CCOCC2)ccc1/C=C1\C(=O)NC(=O)N(Cc2cccs2)C1=O. The molecule has 4 rings (SSSR count). The molecule has 2 aromatic rings. The van der Waals surface area contributed by atoms with Crippen molar-refractivity contribution < 1.29 is 23.9 Å². The van der Waals surface area contributed by atoms with Gasteiger partial charge in [-0.05, 0) is 29.7 Å². The molecule has 2 aliphatic rings. The van der Waals surface area contributed by atoms with E-state index in [0.29, 0.717) is 24.5 Å². The lowest BCUT2D eigenvalue weighted by molar-refractivity contribution is -0.130. The quantitative estimate of drug-likeness (QED) is 0.582. The van der Waals surface area contributed by atoms with Crippen LogP contribution in [0.25, 0.3) is 6.08 Å². The van der Waals surface area contributed by atoms with Gasteiger partial charge >= 0.3 is 6.03 Å². The van der Waals surface area contributed by atoms with Gasteiger partial charge in [0.05, 0.1) is 26.9 Å². The highest BCUT2D eigenvalue weighted by Gasteiger charge is 2.36. The molecule has 0 unspecified atom stereocenters. The van der Waals surface area contributed by atoms with Crippen LogP contribution in [0.1, 0.15) is 10.4 Å². The number of carbonyl (C=O) groups is 3. The Labute approximate surface area is 177 Å². The second-order valence-corrected chi connectivity index (χ2v) is 7.85. The summed E-state index contributed by atoms with van der Waals surface area (Å²) < 4.78 is 10.9. The molecule has 0 radical (unpaired) electrons. The van der Waals surface area contributed by atoms with E-state index >= 15 is 0 Å². The molecular formula is C21H21N3O5S. The molecule has 9 heteroatoms. The number of hydrogen-bond acceptors (Lipinski definition) is 7. The average molecular weight is 427 g/mol. The number of carbonyl (C=O) groups excluding carboxylic acids is 3. The molecule has 156 valence electrons. The van der Waals surface area contributed by atoms with Crippen LogP contribution in [0.15, 0.2) is 41.3 Å². The highest BCUT2D eigenvalue weighted by molar-refractivity contribution is 7.09. The number of methoxy groups -OCH3 is 1. The van der Waals surface area contributed by atoms with Crippen molar-refractivity contribution in [2.75, 3.05) is 38.3 Å². The number of imide groups is 2. The first-order valence-corrected chi connectivity index (χ1v) is 10.4. The molecule has 1 aromatic heterocycles. The van der Waals surface area contributed by atoms with Crippen molar-refractivity contribution in [3.63, 3.8) is 0 Å². The lowest BCUT2D eigenvalue weighted by Gasteiger charge is -2.29. The van der Waals surface area contributed by atoms with Crippen LogP contribution in [0.3, 0.4) is 0 Å². The van der Waals surface area contributed by atoms with E-state index in [1.165, 1.54) is 24.5 Å². The van der Waals surface area contributed by atoms with Gasteiger partial charge in [-0.3, -0.25) is 19.8 Å². The van der Waals surface area contributed by atoms with Crippen molar-refractivity contribution >= 4 is 40.9 Å². The van der Waals surface area contributed by atoms with Gasteiger partial charge in [-0.25, -0.2) is 4.79 Å². The molecule has 8 nitrogen and oxygen atoms in total. The Balaban J connectivity index is 1.62. The molecule has 1 aromatic carbocycles. The van der Waals surface area contributed by atoms with Crippen molar-refractivity contribution in [3.8, 4) is 5.75 Å². The molecule has 0 atom stereocenters. The zero-order valence-electron chi connectivity index (χ0n) is 16.4. The van der Waals surface area contributed by atoms with E-state index in [1.807, 2.05) is 29.6 Å². The van der Waals surface area contributed by atoms with E-state index in [9.17, 15) is 14.4 Å². The van der Waals surface area contributed by atoms with Gasteiger partial charge in [-0.1, -0.05) is 6.07 Å². The molecule has 0 spiro atoms. The second kappa shape index (κ2) is 8.68. The van der Waals surface area contributed by atoms with Gasteiger partial charge in [0.25, 0.3) is 11.8 Å². The van der Waals surface area contributed by atoms with Gasteiger partial charge < -0.3 is 14.4 Å². The van der Waals surface area contributed by atoms with Crippen LogP contribution >= 0.6 is 11.3 Å². The van der Waals surface area contributed by atoms with Crippen LogP contribution in [0.4, 0.5) is 10.5 Å². The summed E-state index contributed by atoms with van der Waals surface area (Å²) in [5.41, 5.74) is 1.45. The monoisotopic (exact) mass is 427 g/mol. The summed E-state index contributed by atoms with van der Waals surface area (Å²) in [6, 6.07) is 8.55. The summed E-state index contributed by atoms with van der Waals surface area (Å²) in [5, 5.41) is 4.11. The van der Waals surface area contributed by atoms with Crippen molar-refractivity contribution in [2.24, 2.45) is 0 Å². The van der Waals surface area contributed by atoms with Crippen molar-refractivity contribution in [1.29, 1.82) is 0 Å². The first-order valence-electron chi connectivity index (χ1n) is 9.49. The number of nitrogens with one attached hydrogen (secondary N) is 1. The number of amides is 4. The minimum atomic E-state index is -0.717. The van der Waals surface area contributed by atoms with Gasteiger partial charge in [0.1, 0.15) is 11.3 Å². The number of ether oxygens (including phenoxy) is 2. The van der Waals surface area contributed by atoms with Crippen LogP contribution in [0.2, 0.25) is 0 Å². The summed E-state index contributed by atoms with van der Waals surface area (Å²) >= 11 is 1.44. The number of morpholine rings is 1. The normalized spacial score (nSPS) is 18.7. The summed E-state index contributed by atoms with van der Waals surface area (Å²) in [5.74, 6) is -0.808. The zero-order valence-corrected chi connectivity index (χ0v) is 17.2. The Morgan fingerprint density at radius 2 is 2.00 bits per heavy atom. The molecule has 2 aliphatic heterocycles. The number of anilines is 1. The number of rotatable bonds is 5. The predicted molar refractivity (Wildman–Crippen MR) is 112 cm³/mol. The van der Waals surface area contributed by atoms with Gasteiger partial charge in [-0.15, -0.1) is 11.3 Å². The van der Waals surface area contributed by atoms with Crippen molar-refractivity contribution in [2.45, 2.75) is 6.54 Å². The summed E-state index contributed by atoms with van der Waals surface area (Å²) in [7, 11) is 1.54. The molecule has 0 aliphatic carbocycles. The molecule has 0 saturated carbocycles. The van der Waals surface area contributed by atoms with E-state index in [2.05, 4.69) is 10.2 Å². The lowest BCUT2D eigenvalue weighted by atomic mass is 10.1. The molecule has 30 heavy (non-hydrogen) atoms. The van der Waals surface area contributed by atoms with E-state index in [-0.39, 0.29) is 12.1 Å². The van der Waals surface area contributed by atoms with Gasteiger partial charge in [0.15, 0.2) is 0 Å². The molecule has 2 saturated heterocycles. The van der Waals surface area contributed by atoms with E-state index < -0.39 is 17.8 Å². The fourth-order valence-corrected chi connectivity index (χ4v) is 4.08. The van der Waals surface area contributed by atoms with E-state index in [4.69, 9.17) is 9.47 Å². The number of nitrogens with zero attached hydrogens (tertiary/aromatic N) is 2. The molecule has 3 heterocycles. The Hall–Kier alpha value is -3.17. The smallest absolute Gasteiger partial charge is 0.331 e. The van der Waals surface area contributed by atoms with E-state index in [0.717, 1.165) is 28.6 Å². The first-order chi connectivity index (χ1) is 14.6. The van der Waals surface area contributed by atoms with Crippen LogP contribution in [0, 0.1) is 0 Å². The first kappa shape index (κ1) is 20.1. The molecule has 0 bridgehead atoms. The topological polar surface area (TPSA) is 88.2 Å². The highest BCUT2D eigenvalue weighted by Crippen LogP contribution is 2.29. The van der Waals surface area contributed by atoms with Gasteiger partial charge in [0.2, 0.25) is 0 Å². The summed E-state index contributed by atoms with van der Waals surface area (Å²) in [4.78, 5) is 41.5. The summed E-state index contributed by atoms with van der Waals surface area (Å²) in [6.07, 6.45) is 1.47. The fraction of sp³-hybridized carbons (Fsp3) is 0.286. The third kappa shape index (κ3) is 4.07. The molecule has 4 amide bonds. The van der Waals surface area contributed by atoms with Crippen LogP contribution < -0.4 is 15.0 Å². The fourth-order valence-electron chi connectivity index (χ4n) is 3.39. The lowest BCUT2D eigenvalue weighted by Crippen LogP contribution is -2.53.